The van der Waals surface area contributed by atoms with Gasteiger partial charge in [-0.2, -0.15) is 5.10 Å². The molecule has 0 atom stereocenters. The lowest BCUT2D eigenvalue weighted by molar-refractivity contribution is -0.131. The van der Waals surface area contributed by atoms with Crippen LogP contribution in [0.5, 0.6) is 0 Å². The third-order valence-corrected chi connectivity index (χ3v) is 3.41. The van der Waals surface area contributed by atoms with Gasteiger partial charge < -0.3 is 26.7 Å². The Balaban J connectivity index is 2.36. The lowest BCUT2D eigenvalue weighted by Crippen LogP contribution is -2.14. The molecule has 2 aromatic carbocycles. The highest BCUT2D eigenvalue weighted by Gasteiger charge is 2.15. The van der Waals surface area contributed by atoms with E-state index in [2.05, 4.69) is 15.7 Å². The van der Waals surface area contributed by atoms with Gasteiger partial charge in [0.2, 0.25) is 0 Å². The Hall–Kier alpha value is -4.14. The van der Waals surface area contributed by atoms with E-state index in [-0.39, 0.29) is 16.8 Å². The number of nitrogens with two attached hydrogens (primary N) is 1. The summed E-state index contributed by atoms with van der Waals surface area (Å²) in [7, 11) is 0. The summed E-state index contributed by atoms with van der Waals surface area (Å²) in [5.74, 6) is 2.02. The van der Waals surface area contributed by atoms with Gasteiger partial charge in [-0.15, -0.1) is 0 Å². The zero-order chi connectivity index (χ0) is 19.8. The molecule has 0 unspecified atom stereocenters. The van der Waals surface area contributed by atoms with E-state index in [1.54, 1.807) is 24.3 Å². The van der Waals surface area contributed by atoms with Crippen molar-refractivity contribution in [2.24, 2.45) is 10.9 Å². The molecular weight excluding hydrogens is 352 g/mol. The van der Waals surface area contributed by atoms with E-state index in [1.165, 1.54) is 24.5 Å². The third-order valence-electron chi connectivity index (χ3n) is 3.41. The molecule has 2 aromatic rings. The van der Waals surface area contributed by atoms with Gasteiger partial charge in [-0.1, -0.05) is 12.1 Å². The molecule has 1 amide bonds. The lowest BCUT2D eigenvalue weighted by Gasteiger charge is -2.11. The largest absolute Gasteiger partial charge is 0.478 e. The second-order valence-corrected chi connectivity index (χ2v) is 5.20. The summed E-state index contributed by atoms with van der Waals surface area (Å²) >= 11 is 0. The van der Waals surface area contributed by atoms with Crippen LogP contribution in [0.2, 0.25) is 0 Å². The van der Waals surface area contributed by atoms with Crippen molar-refractivity contribution in [1.82, 2.24) is 0 Å². The maximum absolute atomic E-state index is 12.5. The normalized spacial score (nSPS) is 10.8. The molecule has 2 rings (SSSR count). The Morgan fingerprint density at radius 1 is 1.07 bits per heavy atom. The predicted molar refractivity (Wildman–Crippen MR) is 101 cm³/mol. The van der Waals surface area contributed by atoms with Crippen molar-refractivity contribution in [3.63, 3.8) is 0 Å². The molecule has 9 heteroatoms. The molecule has 0 aliphatic heterocycles. The van der Waals surface area contributed by atoms with Gasteiger partial charge >= 0.3 is 11.9 Å². The minimum atomic E-state index is -1.25. The SMILES string of the molecule is NN=CNc1cccc(C(=O)Nc2cccc(C(=O)O)c2C=CC(=O)O)c1. The fourth-order valence-electron chi connectivity index (χ4n) is 2.25. The van der Waals surface area contributed by atoms with Crippen LogP contribution in [0.25, 0.3) is 6.08 Å². The highest BCUT2D eigenvalue weighted by molar-refractivity contribution is 6.07. The Morgan fingerprint density at radius 2 is 1.81 bits per heavy atom. The van der Waals surface area contributed by atoms with Crippen LogP contribution in [-0.2, 0) is 4.79 Å². The van der Waals surface area contributed by atoms with E-state index >= 15 is 0 Å². The molecule has 0 fully saturated rings. The number of amides is 1. The zero-order valence-corrected chi connectivity index (χ0v) is 13.9. The van der Waals surface area contributed by atoms with Crippen LogP contribution in [0, 0.1) is 0 Å². The van der Waals surface area contributed by atoms with Crippen LogP contribution in [-0.4, -0.2) is 34.4 Å². The Bertz CT molecular complexity index is 937. The van der Waals surface area contributed by atoms with Gasteiger partial charge in [0.1, 0.15) is 6.34 Å². The van der Waals surface area contributed by atoms with E-state index < -0.39 is 17.8 Å². The molecule has 27 heavy (non-hydrogen) atoms. The summed E-state index contributed by atoms with van der Waals surface area (Å²) in [5.41, 5.74) is 0.964. The maximum Gasteiger partial charge on any atom is 0.336 e. The fraction of sp³-hybridized carbons (Fsp3) is 0. The molecule has 9 nitrogen and oxygen atoms in total. The van der Waals surface area contributed by atoms with Crippen molar-refractivity contribution < 1.29 is 24.6 Å². The Labute approximate surface area is 153 Å². The van der Waals surface area contributed by atoms with Crippen LogP contribution >= 0.6 is 0 Å². The van der Waals surface area contributed by atoms with Crippen molar-refractivity contribution in [2.45, 2.75) is 0 Å². The van der Waals surface area contributed by atoms with Gasteiger partial charge in [-0.25, -0.2) is 9.59 Å². The maximum atomic E-state index is 12.5. The summed E-state index contributed by atoms with van der Waals surface area (Å²) in [4.78, 5) is 34.7. The predicted octanol–water partition coefficient (Wildman–Crippen LogP) is 2.05. The van der Waals surface area contributed by atoms with E-state index in [1.807, 2.05) is 0 Å². The average Bonchev–Trinajstić information content (AvgIpc) is 2.65. The Morgan fingerprint density at radius 3 is 2.48 bits per heavy atom. The first-order valence-electron chi connectivity index (χ1n) is 7.59. The van der Waals surface area contributed by atoms with Gasteiger partial charge in [0.15, 0.2) is 0 Å². The van der Waals surface area contributed by atoms with Crippen molar-refractivity contribution in [2.75, 3.05) is 10.6 Å². The number of carboxylic acid groups (broad SMARTS) is 2. The van der Waals surface area contributed by atoms with Crippen LogP contribution < -0.4 is 16.5 Å². The first-order valence-corrected chi connectivity index (χ1v) is 7.59. The minimum Gasteiger partial charge on any atom is -0.478 e. The number of carbonyl (C=O) groups is 3. The summed E-state index contributed by atoms with van der Waals surface area (Å²) in [6, 6.07) is 10.7. The standard InChI is InChI=1S/C18H16N4O5/c19-21-10-20-12-4-1-3-11(9-12)17(25)22-15-6-2-5-14(18(26)27)13(15)7-8-16(23)24/h1-10H,19H2,(H,20,21)(H,22,25)(H,23,24)(H,26,27). The van der Waals surface area contributed by atoms with Gasteiger partial charge in [-0.05, 0) is 36.4 Å². The number of aliphatic carboxylic acids is 1. The fourth-order valence-corrected chi connectivity index (χ4v) is 2.25. The number of carbonyl (C=O) groups excluding carboxylic acids is 1. The van der Waals surface area contributed by atoms with Crippen LogP contribution in [0.4, 0.5) is 11.4 Å². The first-order chi connectivity index (χ1) is 12.9. The molecule has 0 bridgehead atoms. The summed E-state index contributed by atoms with van der Waals surface area (Å²) in [5, 5.41) is 26.8. The molecule has 0 aliphatic rings. The molecule has 0 aromatic heterocycles. The van der Waals surface area contributed by atoms with E-state index in [4.69, 9.17) is 10.9 Å². The smallest absolute Gasteiger partial charge is 0.336 e. The topological polar surface area (TPSA) is 154 Å². The first kappa shape index (κ1) is 19.2. The van der Waals surface area contributed by atoms with E-state index in [0.717, 1.165) is 12.2 Å². The minimum absolute atomic E-state index is 0.0743. The quantitative estimate of drug-likeness (QED) is 0.165. The number of carboxylic acids is 2. The number of anilines is 2. The van der Waals surface area contributed by atoms with Crippen molar-refractivity contribution in [3.8, 4) is 0 Å². The highest BCUT2D eigenvalue weighted by atomic mass is 16.4. The molecular formula is C18H16N4O5. The molecule has 0 aliphatic carbocycles. The van der Waals surface area contributed by atoms with Crippen LogP contribution in [0.1, 0.15) is 26.3 Å². The second kappa shape index (κ2) is 8.81. The number of hydrogen-bond donors (Lipinski definition) is 5. The molecule has 0 saturated heterocycles. The van der Waals surface area contributed by atoms with Crippen molar-refractivity contribution in [3.05, 3.63) is 65.2 Å². The number of benzene rings is 2. The number of hydrazone groups is 1. The summed E-state index contributed by atoms with van der Waals surface area (Å²) in [6.07, 6.45) is 3.17. The van der Waals surface area contributed by atoms with Gasteiger partial charge in [0, 0.05) is 28.6 Å². The average molecular weight is 368 g/mol. The van der Waals surface area contributed by atoms with Crippen molar-refractivity contribution >= 4 is 41.6 Å². The van der Waals surface area contributed by atoms with Gasteiger partial charge in [0.25, 0.3) is 5.91 Å². The van der Waals surface area contributed by atoms with E-state index in [9.17, 15) is 19.5 Å². The lowest BCUT2D eigenvalue weighted by atomic mass is 10.0. The molecule has 0 heterocycles. The summed E-state index contributed by atoms with van der Waals surface area (Å²) < 4.78 is 0. The number of aromatic carboxylic acids is 1. The highest BCUT2D eigenvalue weighted by Crippen LogP contribution is 2.23. The van der Waals surface area contributed by atoms with Crippen molar-refractivity contribution in [1.29, 1.82) is 0 Å². The van der Waals surface area contributed by atoms with Crippen LogP contribution in [0.3, 0.4) is 0 Å². The molecule has 6 N–H and O–H groups in total. The molecule has 0 spiro atoms. The van der Waals surface area contributed by atoms with Crippen LogP contribution in [0.15, 0.2) is 53.6 Å². The third kappa shape index (κ3) is 5.16. The van der Waals surface area contributed by atoms with Gasteiger partial charge in [0.05, 0.1) is 5.56 Å². The van der Waals surface area contributed by atoms with E-state index in [0.29, 0.717) is 11.3 Å². The summed E-state index contributed by atoms with van der Waals surface area (Å²) in [6.45, 7) is 0. The molecule has 0 saturated carbocycles. The molecule has 138 valence electrons. The van der Waals surface area contributed by atoms with Gasteiger partial charge in [-0.3, -0.25) is 4.79 Å². The zero-order valence-electron chi connectivity index (χ0n) is 13.9. The molecule has 0 radical (unpaired) electrons. The number of nitrogens with one attached hydrogen (secondary N) is 2. The number of nitrogens with zero attached hydrogens (tertiary/aromatic N) is 1. The monoisotopic (exact) mass is 368 g/mol. The Kier molecular flexibility index (Phi) is 6.26. The number of rotatable bonds is 7. The number of hydrogen-bond acceptors (Lipinski definition) is 5. The second-order valence-electron chi connectivity index (χ2n) is 5.20.